The molecule has 1 saturated heterocycles. The number of hydrogen-bond acceptors (Lipinski definition) is 18. The molecule has 71 heavy (non-hydrogen) atoms. The lowest BCUT2D eigenvalue weighted by molar-refractivity contribution is -0.142. The molecule has 5 heterocycles. The number of nitrogens with two attached hydrogens (primary N) is 1. The van der Waals surface area contributed by atoms with E-state index in [0.717, 1.165) is 12.0 Å². The quantitative estimate of drug-likeness (QED) is 0.0227. The Kier molecular flexibility index (Phi) is 19.5. The van der Waals surface area contributed by atoms with Crippen LogP contribution in [0.15, 0.2) is 41.4 Å². The number of likely N-dealkylation sites (tertiary alicyclic amines) is 1. The van der Waals surface area contributed by atoms with Gasteiger partial charge in [-0.25, -0.2) is 15.0 Å². The van der Waals surface area contributed by atoms with Crippen molar-refractivity contribution in [1.29, 1.82) is 0 Å². The van der Waals surface area contributed by atoms with E-state index in [0.29, 0.717) is 44.8 Å². The number of anilines is 1. The number of piperidine rings is 1. The summed E-state index contributed by atoms with van der Waals surface area (Å²) in [4.78, 5) is 107. The molecule has 1 aliphatic carbocycles. The maximum Gasteiger partial charge on any atom is 0.322 e. The van der Waals surface area contributed by atoms with Crippen molar-refractivity contribution in [3.05, 3.63) is 58.5 Å². The van der Waals surface area contributed by atoms with Crippen LogP contribution in [0, 0.1) is 12.3 Å². The molecule has 6 rings (SSSR count). The second-order valence-electron chi connectivity index (χ2n) is 17.2. The number of Topliss-reactive ketones (excluding diaryl/α,β-unsaturated/α-hetero) is 1. The minimum atomic E-state index is -0.849. The van der Waals surface area contributed by atoms with Crippen LogP contribution in [0.2, 0.25) is 0 Å². The lowest BCUT2D eigenvalue weighted by Gasteiger charge is -2.27. The van der Waals surface area contributed by atoms with Crippen molar-refractivity contribution in [2.75, 3.05) is 78.4 Å². The summed E-state index contributed by atoms with van der Waals surface area (Å²) in [6, 6.07) is 3.69. The number of hydrogen-bond donors (Lipinski definition) is 5. The van der Waals surface area contributed by atoms with Crippen molar-refractivity contribution in [2.45, 2.75) is 77.7 Å². The van der Waals surface area contributed by atoms with Gasteiger partial charge in [0.1, 0.15) is 53.8 Å². The second-order valence-corrected chi connectivity index (χ2v) is 18.0. The highest BCUT2D eigenvalue weighted by Crippen LogP contribution is 2.59. The number of rotatable bonds is 28. The van der Waals surface area contributed by atoms with E-state index in [1.54, 1.807) is 29.4 Å². The monoisotopic (exact) mass is 1050 g/mol. The molecule has 5 amide bonds. The summed E-state index contributed by atoms with van der Waals surface area (Å²) in [5.41, 5.74) is 7.87. The fraction of sp³-hybridized carbons (Fsp3) is 0.522. The van der Waals surface area contributed by atoms with Crippen LogP contribution in [-0.4, -0.2) is 167 Å². The Morgan fingerprint density at radius 1 is 0.859 bits per heavy atom. The molecule has 1 aliphatic heterocycles. The Morgan fingerprint density at radius 2 is 1.51 bits per heavy atom. The third-order valence-electron chi connectivity index (χ3n) is 11.8. The Hall–Kier alpha value is -6.38. The van der Waals surface area contributed by atoms with Gasteiger partial charge in [0, 0.05) is 55.8 Å². The highest BCUT2D eigenvalue weighted by atomic mass is 79.9. The SMILES string of the molecule is COC(=O)[C@@H](N)CCC(=O)NCCOCCOCC(=O)NCCOCCOCC(=O)NCc1ncc(-c2cc3c(C(C)=O)nn(CC(=O)N4[C@H](C(=O)Nc5nc(Br)ccc5C)C[C@@]5(C)C[C@@H]45)c3cn2)cn1. The van der Waals surface area contributed by atoms with Crippen molar-refractivity contribution in [1.82, 2.24) is 50.6 Å². The molecule has 6 N–H and O–H groups in total. The van der Waals surface area contributed by atoms with Crippen LogP contribution < -0.4 is 27.0 Å². The smallest absolute Gasteiger partial charge is 0.322 e. The van der Waals surface area contributed by atoms with Crippen LogP contribution in [0.25, 0.3) is 22.2 Å². The van der Waals surface area contributed by atoms with Gasteiger partial charge >= 0.3 is 5.97 Å². The van der Waals surface area contributed by atoms with Gasteiger partial charge in [0.05, 0.1) is 70.7 Å². The van der Waals surface area contributed by atoms with Gasteiger partial charge in [-0.15, -0.1) is 0 Å². The number of nitrogens with one attached hydrogen (secondary N) is 4. The molecular formula is C46H59BrN12O12. The molecule has 4 atom stereocenters. The Balaban J connectivity index is 0.847. The van der Waals surface area contributed by atoms with Crippen LogP contribution in [0.4, 0.5) is 5.82 Å². The molecule has 25 heteroatoms. The topological polar surface area (TPSA) is 312 Å². The summed E-state index contributed by atoms with van der Waals surface area (Å²) in [7, 11) is 1.23. The minimum Gasteiger partial charge on any atom is -0.468 e. The molecule has 1 saturated carbocycles. The highest BCUT2D eigenvalue weighted by Gasteiger charge is 2.64. The summed E-state index contributed by atoms with van der Waals surface area (Å²) < 4.78 is 28.0. The number of aromatic nitrogens is 6. The van der Waals surface area contributed by atoms with E-state index in [1.807, 2.05) is 13.0 Å². The molecule has 0 aromatic carbocycles. The van der Waals surface area contributed by atoms with Crippen LogP contribution in [-0.2, 0) is 65.5 Å². The molecule has 4 aromatic heterocycles. The second kappa shape index (κ2) is 25.7. The van der Waals surface area contributed by atoms with E-state index in [1.165, 1.54) is 24.9 Å². The normalized spacial score (nSPS) is 17.3. The predicted octanol–water partition coefficient (Wildman–Crippen LogP) is 0.771. The lowest BCUT2D eigenvalue weighted by Crippen LogP contribution is -2.47. The molecule has 0 bridgehead atoms. The fourth-order valence-corrected chi connectivity index (χ4v) is 8.12. The maximum atomic E-state index is 14.0. The first-order valence-electron chi connectivity index (χ1n) is 22.9. The molecule has 2 aliphatic rings. The average Bonchev–Trinajstić information content (AvgIpc) is 3.71. The summed E-state index contributed by atoms with van der Waals surface area (Å²) in [6.07, 6.45) is 6.20. The number of ether oxygens (including phenoxy) is 5. The Morgan fingerprint density at radius 3 is 2.17 bits per heavy atom. The predicted molar refractivity (Wildman–Crippen MR) is 256 cm³/mol. The van der Waals surface area contributed by atoms with Gasteiger partial charge in [-0.1, -0.05) is 13.0 Å². The van der Waals surface area contributed by atoms with Gasteiger partial charge in [-0.3, -0.25) is 43.2 Å². The van der Waals surface area contributed by atoms with E-state index >= 15 is 0 Å². The van der Waals surface area contributed by atoms with Gasteiger partial charge < -0.3 is 55.6 Å². The first kappa shape index (κ1) is 54.0. The minimum absolute atomic E-state index is 0.0367. The number of carbonyl (C=O) groups is 7. The summed E-state index contributed by atoms with van der Waals surface area (Å²) in [5.74, 6) is -1.71. The fourth-order valence-electron chi connectivity index (χ4n) is 7.81. The zero-order chi connectivity index (χ0) is 51.1. The van der Waals surface area contributed by atoms with Gasteiger partial charge in [0.15, 0.2) is 5.78 Å². The van der Waals surface area contributed by atoms with E-state index < -0.39 is 18.1 Å². The first-order chi connectivity index (χ1) is 34.1. The Labute approximate surface area is 417 Å². The number of nitrogens with zero attached hydrogens (tertiary/aromatic N) is 7. The molecule has 382 valence electrons. The van der Waals surface area contributed by atoms with Crippen molar-refractivity contribution in [3.63, 3.8) is 0 Å². The standard InChI is InChI=1S/C46H59BrN12O12/c1-27-5-7-36(47)55-43(27)56-44(65)33-18-46(3)19-35(46)59(33)41(64)24-58-34-22-51-32(17-30(34)42(57-58)28(2)60)29-20-52-37(53-21-29)23-54-40(63)26-71-16-14-69-12-10-50-39(62)25-70-15-13-68-11-9-49-38(61)8-6-31(48)45(66)67-4/h5,7,17,20-22,31,33,35H,6,8-16,18-19,23-26,48H2,1-4H3,(H,49,61)(H,50,62)(H,54,63)(H,55,56,65)/t31-,33-,35+,46-/m0/s1. The number of fused-ring (bicyclic) bond motifs is 2. The van der Waals surface area contributed by atoms with Crippen LogP contribution in [0.5, 0.6) is 0 Å². The summed E-state index contributed by atoms with van der Waals surface area (Å²) in [5, 5.41) is 15.9. The van der Waals surface area contributed by atoms with E-state index in [4.69, 9.17) is 24.7 Å². The van der Waals surface area contributed by atoms with Gasteiger partial charge in [-0.2, -0.15) is 5.10 Å². The van der Waals surface area contributed by atoms with E-state index in [-0.39, 0.29) is 144 Å². The van der Waals surface area contributed by atoms with Crippen molar-refractivity contribution in [2.24, 2.45) is 11.1 Å². The van der Waals surface area contributed by atoms with Gasteiger partial charge in [-0.05, 0) is 65.2 Å². The molecule has 2 fully saturated rings. The number of methoxy groups -OCH3 is 1. The van der Waals surface area contributed by atoms with Gasteiger partial charge in [0.2, 0.25) is 29.5 Å². The molecule has 4 aromatic rings. The third-order valence-corrected chi connectivity index (χ3v) is 12.2. The molecule has 0 radical (unpaired) electrons. The van der Waals surface area contributed by atoms with E-state index in [2.05, 4.69) is 73.9 Å². The zero-order valence-electron chi connectivity index (χ0n) is 40.0. The summed E-state index contributed by atoms with van der Waals surface area (Å²) >= 11 is 3.35. The number of carbonyl (C=O) groups excluding carboxylic acids is 7. The highest BCUT2D eigenvalue weighted by molar-refractivity contribution is 9.10. The third kappa shape index (κ3) is 15.3. The van der Waals surface area contributed by atoms with Crippen molar-refractivity contribution in [3.8, 4) is 11.3 Å². The first-order valence-corrected chi connectivity index (χ1v) is 23.7. The maximum absolute atomic E-state index is 14.0. The molecule has 0 unspecified atom stereocenters. The number of halogens is 1. The zero-order valence-corrected chi connectivity index (χ0v) is 41.6. The molecule has 0 spiro atoms. The Bertz CT molecular complexity index is 2560. The molecular weight excluding hydrogens is 992 g/mol. The lowest BCUT2D eigenvalue weighted by atomic mass is 10.0. The number of amides is 5. The largest absolute Gasteiger partial charge is 0.468 e. The van der Waals surface area contributed by atoms with Gasteiger partial charge in [0.25, 0.3) is 0 Å². The van der Waals surface area contributed by atoms with E-state index in [9.17, 15) is 33.6 Å². The number of aryl methyl sites for hydroxylation is 1. The van der Waals surface area contributed by atoms with Crippen LogP contribution in [0.3, 0.4) is 0 Å². The number of ketones is 1. The average molecular weight is 1050 g/mol. The molecule has 24 nitrogen and oxygen atoms in total. The van der Waals surface area contributed by atoms with Crippen LogP contribution in [0.1, 0.15) is 61.4 Å². The number of esters is 1. The summed E-state index contributed by atoms with van der Waals surface area (Å²) in [6.45, 7) is 6.48. The van der Waals surface area contributed by atoms with Crippen molar-refractivity contribution < 1.29 is 57.2 Å². The van der Waals surface area contributed by atoms with Crippen molar-refractivity contribution >= 4 is 73.9 Å². The number of pyridine rings is 2. The van der Waals surface area contributed by atoms with Crippen LogP contribution >= 0.6 is 15.9 Å².